The molecule has 1 heterocycles. The van der Waals surface area contributed by atoms with Gasteiger partial charge in [-0.3, -0.25) is 9.78 Å². The Balaban J connectivity index is 2.67. The molecule has 88 valence electrons. The van der Waals surface area contributed by atoms with Crippen LogP contribution in [0.25, 0.3) is 0 Å². The van der Waals surface area contributed by atoms with Crippen LogP contribution in [0.1, 0.15) is 10.4 Å². The summed E-state index contributed by atoms with van der Waals surface area (Å²) in [5.74, 6) is 0.0129. The van der Waals surface area contributed by atoms with E-state index in [1.807, 2.05) is 0 Å². The molecule has 4 nitrogen and oxygen atoms in total. The van der Waals surface area contributed by atoms with Gasteiger partial charge in [-0.1, -0.05) is 15.9 Å². The standard InChI is InChI=1S/C11H15BrN2O2/c1-16-9-8-14(7-4-12)11(15)10-2-5-13-6-3-10/h2-3,5-6H,4,7-9H2,1H3. The van der Waals surface area contributed by atoms with E-state index < -0.39 is 0 Å². The number of amides is 1. The Morgan fingerprint density at radius 3 is 2.69 bits per heavy atom. The van der Waals surface area contributed by atoms with Crippen molar-refractivity contribution in [1.29, 1.82) is 0 Å². The van der Waals surface area contributed by atoms with E-state index in [0.29, 0.717) is 25.3 Å². The highest BCUT2D eigenvalue weighted by Crippen LogP contribution is 2.04. The monoisotopic (exact) mass is 286 g/mol. The maximum atomic E-state index is 12.1. The molecule has 0 aliphatic rings. The molecule has 1 aromatic heterocycles. The predicted octanol–water partition coefficient (Wildman–Crippen LogP) is 1.57. The average Bonchev–Trinajstić information content (AvgIpc) is 2.35. The lowest BCUT2D eigenvalue weighted by molar-refractivity contribution is 0.0709. The number of carbonyl (C=O) groups is 1. The number of hydrogen-bond donors (Lipinski definition) is 0. The molecule has 0 aromatic carbocycles. The molecule has 0 fully saturated rings. The van der Waals surface area contributed by atoms with Crippen LogP contribution in [0.5, 0.6) is 0 Å². The first-order valence-corrected chi connectivity index (χ1v) is 6.16. The molecule has 0 atom stereocenters. The van der Waals surface area contributed by atoms with Crippen molar-refractivity contribution in [2.75, 3.05) is 32.1 Å². The van der Waals surface area contributed by atoms with Crippen LogP contribution in [0.3, 0.4) is 0 Å². The molecule has 0 aliphatic carbocycles. The molecule has 0 aliphatic heterocycles. The molecule has 0 spiro atoms. The predicted molar refractivity (Wildman–Crippen MR) is 65.8 cm³/mol. The van der Waals surface area contributed by atoms with Gasteiger partial charge in [0.05, 0.1) is 6.61 Å². The van der Waals surface area contributed by atoms with Crippen LogP contribution in [0.15, 0.2) is 24.5 Å². The fourth-order valence-corrected chi connectivity index (χ4v) is 1.72. The van der Waals surface area contributed by atoms with Crippen LogP contribution in [-0.4, -0.2) is 47.9 Å². The molecule has 1 rings (SSSR count). The van der Waals surface area contributed by atoms with Crippen molar-refractivity contribution in [2.24, 2.45) is 0 Å². The van der Waals surface area contributed by atoms with Gasteiger partial charge in [0.1, 0.15) is 0 Å². The van der Waals surface area contributed by atoms with E-state index in [1.54, 1.807) is 36.5 Å². The number of ether oxygens (including phenoxy) is 1. The van der Waals surface area contributed by atoms with Gasteiger partial charge in [-0.25, -0.2) is 0 Å². The van der Waals surface area contributed by atoms with E-state index in [0.717, 1.165) is 5.33 Å². The van der Waals surface area contributed by atoms with Gasteiger partial charge >= 0.3 is 0 Å². The molecule has 5 heteroatoms. The summed E-state index contributed by atoms with van der Waals surface area (Å²) in [4.78, 5) is 17.7. The quantitative estimate of drug-likeness (QED) is 0.746. The first kappa shape index (κ1) is 13.1. The van der Waals surface area contributed by atoms with E-state index in [2.05, 4.69) is 20.9 Å². The summed E-state index contributed by atoms with van der Waals surface area (Å²) in [7, 11) is 1.63. The molecule has 0 N–H and O–H groups in total. The topological polar surface area (TPSA) is 42.4 Å². The van der Waals surface area contributed by atoms with Crippen molar-refractivity contribution >= 4 is 21.8 Å². The molecule has 0 saturated carbocycles. The van der Waals surface area contributed by atoms with E-state index in [9.17, 15) is 4.79 Å². The van der Waals surface area contributed by atoms with Gasteiger partial charge in [0, 0.05) is 43.5 Å². The summed E-state index contributed by atoms with van der Waals surface area (Å²) < 4.78 is 4.98. The third-order valence-corrected chi connectivity index (χ3v) is 2.49. The third kappa shape index (κ3) is 3.90. The van der Waals surface area contributed by atoms with Crippen LogP contribution >= 0.6 is 15.9 Å². The number of hydrogen-bond acceptors (Lipinski definition) is 3. The Labute approximate surface area is 104 Å². The van der Waals surface area contributed by atoms with Crippen LogP contribution in [0, 0.1) is 0 Å². The summed E-state index contributed by atoms with van der Waals surface area (Å²) in [5, 5.41) is 0.757. The van der Waals surface area contributed by atoms with Gasteiger partial charge in [0.2, 0.25) is 0 Å². The van der Waals surface area contributed by atoms with Crippen molar-refractivity contribution in [3.8, 4) is 0 Å². The summed E-state index contributed by atoms with van der Waals surface area (Å²) in [5.41, 5.74) is 0.659. The minimum atomic E-state index is 0.0129. The Hall–Kier alpha value is -0.940. The molecule has 0 unspecified atom stereocenters. The number of rotatable bonds is 6. The molecule has 0 bridgehead atoms. The number of alkyl halides is 1. The zero-order valence-corrected chi connectivity index (χ0v) is 10.8. The van der Waals surface area contributed by atoms with E-state index in [-0.39, 0.29) is 5.91 Å². The number of halogens is 1. The first-order chi connectivity index (χ1) is 7.79. The van der Waals surface area contributed by atoms with Crippen molar-refractivity contribution < 1.29 is 9.53 Å². The summed E-state index contributed by atoms with van der Waals surface area (Å²) >= 11 is 3.34. The SMILES string of the molecule is COCCN(CCBr)C(=O)c1ccncc1. The summed E-state index contributed by atoms with van der Waals surface area (Å²) in [6, 6.07) is 3.44. The molecule has 1 aromatic rings. The van der Waals surface area contributed by atoms with Crippen LogP contribution in [0.2, 0.25) is 0 Å². The first-order valence-electron chi connectivity index (χ1n) is 5.03. The molecule has 0 saturated heterocycles. The van der Waals surface area contributed by atoms with Crippen molar-refractivity contribution in [3.63, 3.8) is 0 Å². The molecule has 0 radical (unpaired) electrons. The van der Waals surface area contributed by atoms with Gasteiger partial charge < -0.3 is 9.64 Å². The summed E-state index contributed by atoms with van der Waals surface area (Å²) in [6.07, 6.45) is 3.24. The smallest absolute Gasteiger partial charge is 0.254 e. The van der Waals surface area contributed by atoms with Crippen molar-refractivity contribution in [3.05, 3.63) is 30.1 Å². The highest BCUT2D eigenvalue weighted by atomic mass is 79.9. The maximum Gasteiger partial charge on any atom is 0.254 e. The average molecular weight is 287 g/mol. The second kappa shape index (κ2) is 7.35. The van der Waals surface area contributed by atoms with Gasteiger partial charge in [0.15, 0.2) is 0 Å². The third-order valence-electron chi connectivity index (χ3n) is 2.13. The van der Waals surface area contributed by atoms with E-state index in [1.165, 1.54) is 0 Å². The lowest BCUT2D eigenvalue weighted by atomic mass is 10.2. The molecule has 1 amide bonds. The number of pyridine rings is 1. The number of nitrogens with zero attached hydrogens (tertiary/aromatic N) is 2. The lowest BCUT2D eigenvalue weighted by Crippen LogP contribution is -2.35. The lowest BCUT2D eigenvalue weighted by Gasteiger charge is -2.21. The Morgan fingerprint density at radius 2 is 2.12 bits per heavy atom. The second-order valence-electron chi connectivity index (χ2n) is 3.21. The maximum absolute atomic E-state index is 12.1. The molecular weight excluding hydrogens is 272 g/mol. The largest absolute Gasteiger partial charge is 0.383 e. The van der Waals surface area contributed by atoms with E-state index >= 15 is 0 Å². The van der Waals surface area contributed by atoms with Crippen molar-refractivity contribution in [2.45, 2.75) is 0 Å². The second-order valence-corrected chi connectivity index (χ2v) is 4.00. The fourth-order valence-electron chi connectivity index (χ4n) is 1.30. The van der Waals surface area contributed by atoms with Crippen LogP contribution in [0.4, 0.5) is 0 Å². The Bertz CT molecular complexity index is 319. The zero-order chi connectivity index (χ0) is 11.8. The van der Waals surface area contributed by atoms with Crippen LogP contribution < -0.4 is 0 Å². The number of carbonyl (C=O) groups excluding carboxylic acids is 1. The molecule has 16 heavy (non-hydrogen) atoms. The van der Waals surface area contributed by atoms with Crippen LogP contribution in [-0.2, 0) is 4.74 Å². The number of aromatic nitrogens is 1. The normalized spacial score (nSPS) is 10.1. The number of methoxy groups -OCH3 is 1. The summed E-state index contributed by atoms with van der Waals surface area (Å²) in [6.45, 7) is 1.82. The van der Waals surface area contributed by atoms with E-state index in [4.69, 9.17) is 4.74 Å². The highest BCUT2D eigenvalue weighted by Gasteiger charge is 2.14. The minimum absolute atomic E-state index is 0.0129. The molecular formula is C11H15BrN2O2. The van der Waals surface area contributed by atoms with Gasteiger partial charge in [0.25, 0.3) is 5.91 Å². The van der Waals surface area contributed by atoms with Gasteiger partial charge in [-0.05, 0) is 12.1 Å². The zero-order valence-electron chi connectivity index (χ0n) is 9.23. The Kier molecular flexibility index (Phi) is 6.03. The van der Waals surface area contributed by atoms with Gasteiger partial charge in [-0.15, -0.1) is 0 Å². The Morgan fingerprint density at radius 1 is 1.44 bits per heavy atom. The van der Waals surface area contributed by atoms with Gasteiger partial charge in [-0.2, -0.15) is 0 Å². The fraction of sp³-hybridized carbons (Fsp3) is 0.455. The highest BCUT2D eigenvalue weighted by molar-refractivity contribution is 9.09. The minimum Gasteiger partial charge on any atom is -0.383 e. The van der Waals surface area contributed by atoms with Crippen molar-refractivity contribution in [1.82, 2.24) is 9.88 Å².